The van der Waals surface area contributed by atoms with Crippen molar-refractivity contribution in [1.29, 1.82) is 0 Å². The van der Waals surface area contributed by atoms with Gasteiger partial charge in [-0.2, -0.15) is 0 Å². The van der Waals surface area contributed by atoms with Gasteiger partial charge in [-0.1, -0.05) is 0 Å². The van der Waals surface area contributed by atoms with E-state index in [9.17, 15) is 4.79 Å². The summed E-state index contributed by atoms with van der Waals surface area (Å²) >= 11 is 0. The van der Waals surface area contributed by atoms with Gasteiger partial charge in [-0.25, -0.2) is 4.98 Å². The molecular weight excluding hydrogens is 246 g/mol. The Morgan fingerprint density at radius 1 is 1.42 bits per heavy atom. The predicted molar refractivity (Wildman–Crippen MR) is 71.7 cm³/mol. The van der Waals surface area contributed by atoms with E-state index < -0.39 is 0 Å². The molecule has 6 heteroatoms. The van der Waals surface area contributed by atoms with Gasteiger partial charge in [-0.3, -0.25) is 4.79 Å². The predicted octanol–water partition coefficient (Wildman–Crippen LogP) is 1.65. The fourth-order valence-electron chi connectivity index (χ4n) is 1.63. The van der Waals surface area contributed by atoms with Crippen LogP contribution >= 0.6 is 0 Å². The average Bonchev–Trinajstić information content (AvgIpc) is 2.41. The highest BCUT2D eigenvalue weighted by Crippen LogP contribution is 2.27. The standard InChI is InChI=1S/C13H15N3O3/c1-3-16-7-6-15-12(13(16)17)19-9-4-5-11(18-2)10(14)8-9/h4-8H,3,14H2,1-2H3. The number of hydrogen-bond acceptors (Lipinski definition) is 5. The molecule has 2 aromatic rings. The molecule has 2 N–H and O–H groups in total. The lowest BCUT2D eigenvalue weighted by atomic mass is 10.3. The summed E-state index contributed by atoms with van der Waals surface area (Å²) in [6.07, 6.45) is 3.13. The van der Waals surface area contributed by atoms with E-state index in [0.717, 1.165) is 0 Å². The molecule has 19 heavy (non-hydrogen) atoms. The molecule has 100 valence electrons. The monoisotopic (exact) mass is 261 g/mol. The highest BCUT2D eigenvalue weighted by molar-refractivity contribution is 5.56. The molecule has 0 radical (unpaired) electrons. The second-order valence-corrected chi connectivity index (χ2v) is 3.83. The van der Waals surface area contributed by atoms with E-state index in [-0.39, 0.29) is 11.4 Å². The third-order valence-corrected chi connectivity index (χ3v) is 2.64. The van der Waals surface area contributed by atoms with Crippen LogP contribution in [0.4, 0.5) is 5.69 Å². The molecule has 1 aromatic carbocycles. The summed E-state index contributed by atoms with van der Waals surface area (Å²) in [5, 5.41) is 0. The van der Waals surface area contributed by atoms with Crippen molar-refractivity contribution in [2.75, 3.05) is 12.8 Å². The van der Waals surface area contributed by atoms with Crippen LogP contribution < -0.4 is 20.8 Å². The molecule has 0 saturated heterocycles. The summed E-state index contributed by atoms with van der Waals surface area (Å²) in [5.74, 6) is 1.02. The molecule has 0 bridgehead atoms. The molecule has 0 spiro atoms. The summed E-state index contributed by atoms with van der Waals surface area (Å²) in [6, 6.07) is 4.93. The van der Waals surface area contributed by atoms with Crippen LogP contribution in [0.25, 0.3) is 0 Å². The number of methoxy groups -OCH3 is 1. The first kappa shape index (κ1) is 12.9. The Morgan fingerprint density at radius 2 is 2.21 bits per heavy atom. The topological polar surface area (TPSA) is 79.4 Å². The van der Waals surface area contributed by atoms with Crippen molar-refractivity contribution >= 4 is 5.69 Å². The number of ether oxygens (including phenoxy) is 2. The number of anilines is 1. The van der Waals surface area contributed by atoms with E-state index in [1.807, 2.05) is 6.92 Å². The maximum atomic E-state index is 11.9. The van der Waals surface area contributed by atoms with Crippen molar-refractivity contribution in [3.63, 3.8) is 0 Å². The molecule has 0 aliphatic heterocycles. The summed E-state index contributed by atoms with van der Waals surface area (Å²) in [6.45, 7) is 2.43. The zero-order valence-corrected chi connectivity index (χ0v) is 10.8. The van der Waals surface area contributed by atoms with Gasteiger partial charge in [0.25, 0.3) is 5.88 Å². The molecule has 1 heterocycles. The first-order chi connectivity index (χ1) is 9.15. The average molecular weight is 261 g/mol. The first-order valence-corrected chi connectivity index (χ1v) is 5.82. The van der Waals surface area contributed by atoms with Crippen molar-refractivity contribution in [3.05, 3.63) is 40.9 Å². The Morgan fingerprint density at radius 3 is 2.84 bits per heavy atom. The summed E-state index contributed by atoms with van der Waals surface area (Å²) in [5.41, 5.74) is 5.93. The molecule has 0 saturated carbocycles. The molecule has 0 aliphatic rings. The van der Waals surface area contributed by atoms with Gasteiger partial charge in [-0.15, -0.1) is 0 Å². The Labute approximate surface area is 110 Å². The van der Waals surface area contributed by atoms with Crippen molar-refractivity contribution < 1.29 is 9.47 Å². The van der Waals surface area contributed by atoms with Gasteiger partial charge in [0.2, 0.25) is 0 Å². The molecule has 0 unspecified atom stereocenters. The van der Waals surface area contributed by atoms with E-state index >= 15 is 0 Å². The highest BCUT2D eigenvalue weighted by Gasteiger charge is 2.08. The summed E-state index contributed by atoms with van der Waals surface area (Å²) in [7, 11) is 1.53. The third-order valence-electron chi connectivity index (χ3n) is 2.64. The van der Waals surface area contributed by atoms with Crippen molar-refractivity contribution in [2.24, 2.45) is 0 Å². The molecule has 2 rings (SSSR count). The van der Waals surface area contributed by atoms with Crippen LogP contribution in [0.3, 0.4) is 0 Å². The number of nitrogens with zero attached hydrogens (tertiary/aromatic N) is 2. The van der Waals surface area contributed by atoms with Gasteiger partial charge in [0.05, 0.1) is 12.8 Å². The van der Waals surface area contributed by atoms with Crippen LogP contribution in [0, 0.1) is 0 Å². The number of aromatic nitrogens is 2. The Balaban J connectivity index is 2.31. The third kappa shape index (κ3) is 2.67. The molecule has 6 nitrogen and oxygen atoms in total. The minimum atomic E-state index is -0.278. The Bertz CT molecular complexity index is 637. The number of hydrogen-bond donors (Lipinski definition) is 1. The quantitative estimate of drug-likeness (QED) is 0.846. The minimum Gasteiger partial charge on any atom is -0.495 e. The maximum absolute atomic E-state index is 11.9. The summed E-state index contributed by atoms with van der Waals surface area (Å²) < 4.78 is 12.0. The van der Waals surface area contributed by atoms with Crippen LogP contribution in [-0.2, 0) is 6.54 Å². The lowest BCUT2D eigenvalue weighted by Gasteiger charge is -2.09. The summed E-state index contributed by atoms with van der Waals surface area (Å²) in [4.78, 5) is 15.9. The van der Waals surface area contributed by atoms with Crippen molar-refractivity contribution in [2.45, 2.75) is 13.5 Å². The van der Waals surface area contributed by atoms with Crippen LogP contribution in [0.15, 0.2) is 35.4 Å². The normalized spacial score (nSPS) is 10.2. The van der Waals surface area contributed by atoms with E-state index in [1.54, 1.807) is 24.4 Å². The van der Waals surface area contributed by atoms with Crippen molar-refractivity contribution in [3.8, 4) is 17.4 Å². The Kier molecular flexibility index (Phi) is 3.70. The zero-order chi connectivity index (χ0) is 13.8. The van der Waals surface area contributed by atoms with Gasteiger partial charge < -0.3 is 19.8 Å². The number of nitrogens with two attached hydrogens (primary N) is 1. The lowest BCUT2D eigenvalue weighted by molar-refractivity contribution is 0.413. The second-order valence-electron chi connectivity index (χ2n) is 3.83. The van der Waals surface area contributed by atoms with Crippen LogP contribution in [0.2, 0.25) is 0 Å². The molecule has 0 atom stereocenters. The SMILES string of the molecule is CCn1ccnc(Oc2ccc(OC)c(N)c2)c1=O. The molecule has 1 aromatic heterocycles. The molecule has 0 aliphatic carbocycles. The fourth-order valence-corrected chi connectivity index (χ4v) is 1.63. The zero-order valence-electron chi connectivity index (χ0n) is 10.8. The van der Waals surface area contributed by atoms with Gasteiger partial charge in [-0.05, 0) is 19.1 Å². The minimum absolute atomic E-state index is 0.0221. The van der Waals surface area contributed by atoms with E-state index in [0.29, 0.717) is 23.7 Å². The number of aryl methyl sites for hydroxylation is 1. The molecule has 0 fully saturated rings. The fraction of sp³-hybridized carbons (Fsp3) is 0.231. The van der Waals surface area contributed by atoms with E-state index in [2.05, 4.69) is 4.98 Å². The smallest absolute Gasteiger partial charge is 0.313 e. The van der Waals surface area contributed by atoms with Gasteiger partial charge in [0.1, 0.15) is 11.5 Å². The second kappa shape index (κ2) is 5.43. The van der Waals surface area contributed by atoms with Gasteiger partial charge in [0.15, 0.2) is 0 Å². The largest absolute Gasteiger partial charge is 0.495 e. The van der Waals surface area contributed by atoms with Gasteiger partial charge in [0, 0.05) is 25.0 Å². The van der Waals surface area contributed by atoms with Crippen LogP contribution in [-0.4, -0.2) is 16.7 Å². The van der Waals surface area contributed by atoms with Crippen LogP contribution in [0.1, 0.15) is 6.92 Å². The maximum Gasteiger partial charge on any atom is 0.313 e. The highest BCUT2D eigenvalue weighted by atomic mass is 16.5. The lowest BCUT2D eigenvalue weighted by Crippen LogP contribution is -2.20. The van der Waals surface area contributed by atoms with E-state index in [4.69, 9.17) is 15.2 Å². The number of nitrogen functional groups attached to an aromatic ring is 1. The Hall–Kier alpha value is -2.50. The molecular formula is C13H15N3O3. The number of rotatable bonds is 4. The van der Waals surface area contributed by atoms with Gasteiger partial charge >= 0.3 is 5.56 Å². The molecule has 0 amide bonds. The van der Waals surface area contributed by atoms with Crippen molar-refractivity contribution in [1.82, 2.24) is 9.55 Å². The van der Waals surface area contributed by atoms with Crippen LogP contribution in [0.5, 0.6) is 17.4 Å². The van der Waals surface area contributed by atoms with E-state index in [1.165, 1.54) is 17.9 Å². The number of benzene rings is 1. The first-order valence-electron chi connectivity index (χ1n) is 5.82.